The fourth-order valence-corrected chi connectivity index (χ4v) is 1.72. The van der Waals surface area contributed by atoms with Crippen LogP contribution in [0.4, 0.5) is 0 Å². The average Bonchev–Trinajstić information content (AvgIpc) is 2.41. The van der Waals surface area contributed by atoms with E-state index in [9.17, 15) is 18.0 Å². The van der Waals surface area contributed by atoms with Crippen molar-refractivity contribution < 1.29 is 32.8 Å². The average molecular weight is 308 g/mol. The molecule has 0 bridgehead atoms. The lowest BCUT2D eigenvalue weighted by Crippen LogP contribution is -2.10. The van der Waals surface area contributed by atoms with Crippen molar-refractivity contribution in [2.75, 3.05) is 14.1 Å². The van der Waals surface area contributed by atoms with Crippen molar-refractivity contribution in [1.29, 1.82) is 0 Å². The van der Waals surface area contributed by atoms with E-state index in [1.165, 1.54) is 14.1 Å². The first-order valence-electron chi connectivity index (χ1n) is 4.97. The molecular formula is C10H16N2O7S. The van der Waals surface area contributed by atoms with E-state index >= 15 is 0 Å². The van der Waals surface area contributed by atoms with Gasteiger partial charge in [-0.3, -0.25) is 4.55 Å². The standard InChI is InChI=1S/C8H6O7S.2CH5N/c9-7(10)4-1-2-6(16(13,14)15)5(3-4)8(11)12;2*1-2/h1-3H,(H,9,10)(H,11,12)(H,13,14,15);2*2H2,1H3. The molecule has 0 fully saturated rings. The molecule has 114 valence electrons. The summed E-state index contributed by atoms with van der Waals surface area (Å²) in [5.41, 5.74) is 7.83. The molecule has 10 heteroatoms. The van der Waals surface area contributed by atoms with E-state index in [-0.39, 0.29) is 5.56 Å². The second kappa shape index (κ2) is 8.98. The largest absolute Gasteiger partial charge is 0.478 e. The Balaban J connectivity index is 0. The summed E-state index contributed by atoms with van der Waals surface area (Å²) in [6.45, 7) is 0. The number of carboxylic acids is 2. The lowest BCUT2D eigenvalue weighted by atomic mass is 10.1. The number of carbonyl (C=O) groups is 2. The topological polar surface area (TPSA) is 181 Å². The number of hydrogen-bond acceptors (Lipinski definition) is 6. The fraction of sp³-hybridized carbons (Fsp3) is 0.200. The Morgan fingerprint density at radius 3 is 1.75 bits per heavy atom. The van der Waals surface area contributed by atoms with E-state index in [1.807, 2.05) is 0 Å². The van der Waals surface area contributed by atoms with Gasteiger partial charge in [-0.2, -0.15) is 8.42 Å². The van der Waals surface area contributed by atoms with E-state index < -0.39 is 32.5 Å². The zero-order valence-corrected chi connectivity index (χ0v) is 11.6. The second-order valence-corrected chi connectivity index (χ2v) is 4.19. The molecule has 1 aromatic rings. The van der Waals surface area contributed by atoms with Gasteiger partial charge in [0, 0.05) is 0 Å². The summed E-state index contributed by atoms with van der Waals surface area (Å²) >= 11 is 0. The number of rotatable bonds is 3. The maximum Gasteiger partial charge on any atom is 0.337 e. The van der Waals surface area contributed by atoms with E-state index in [0.717, 1.165) is 12.1 Å². The molecule has 0 saturated carbocycles. The van der Waals surface area contributed by atoms with Crippen LogP contribution in [0.5, 0.6) is 0 Å². The van der Waals surface area contributed by atoms with Gasteiger partial charge < -0.3 is 21.7 Å². The molecule has 0 unspecified atom stereocenters. The normalized spacial score (nSPS) is 9.45. The number of benzene rings is 1. The van der Waals surface area contributed by atoms with Crippen molar-refractivity contribution in [3.05, 3.63) is 29.3 Å². The molecule has 9 nitrogen and oxygen atoms in total. The third kappa shape index (κ3) is 5.75. The molecule has 0 saturated heterocycles. The quantitative estimate of drug-likeness (QED) is 0.459. The molecule has 0 aromatic heterocycles. The third-order valence-electron chi connectivity index (χ3n) is 1.73. The van der Waals surface area contributed by atoms with Crippen molar-refractivity contribution in [3.63, 3.8) is 0 Å². The SMILES string of the molecule is CN.CN.O=C(O)c1ccc(S(=O)(=O)O)c(C(=O)O)c1. The summed E-state index contributed by atoms with van der Waals surface area (Å²) in [5.74, 6) is -3.04. The first-order valence-corrected chi connectivity index (χ1v) is 6.41. The second-order valence-electron chi connectivity index (χ2n) is 2.80. The van der Waals surface area contributed by atoms with Gasteiger partial charge in [0.05, 0.1) is 11.1 Å². The van der Waals surface area contributed by atoms with Crippen LogP contribution < -0.4 is 11.5 Å². The van der Waals surface area contributed by atoms with Crippen LogP contribution >= 0.6 is 0 Å². The van der Waals surface area contributed by atoms with Crippen molar-refractivity contribution in [1.82, 2.24) is 0 Å². The molecule has 0 heterocycles. The van der Waals surface area contributed by atoms with E-state index in [4.69, 9.17) is 14.8 Å². The summed E-state index contributed by atoms with van der Waals surface area (Å²) in [6.07, 6.45) is 0. The maximum absolute atomic E-state index is 10.8. The van der Waals surface area contributed by atoms with Crippen molar-refractivity contribution in [2.24, 2.45) is 11.5 Å². The van der Waals surface area contributed by atoms with Gasteiger partial charge in [0.1, 0.15) is 4.90 Å². The molecule has 1 rings (SSSR count). The van der Waals surface area contributed by atoms with Crippen LogP contribution in [0.2, 0.25) is 0 Å². The molecule has 7 N–H and O–H groups in total. The highest BCUT2D eigenvalue weighted by Crippen LogP contribution is 2.17. The minimum absolute atomic E-state index is 0.384. The summed E-state index contributed by atoms with van der Waals surface area (Å²) in [5, 5.41) is 17.2. The van der Waals surface area contributed by atoms with Gasteiger partial charge in [-0.15, -0.1) is 0 Å². The zero-order valence-electron chi connectivity index (χ0n) is 10.8. The Kier molecular flexibility index (Phi) is 9.12. The predicted octanol–water partition coefficient (Wildman–Crippen LogP) is -0.520. The predicted molar refractivity (Wildman–Crippen MR) is 70.4 cm³/mol. The highest BCUT2D eigenvalue weighted by Gasteiger charge is 2.21. The molecule has 0 aliphatic heterocycles. The van der Waals surface area contributed by atoms with Crippen molar-refractivity contribution >= 4 is 22.1 Å². The fourth-order valence-electron chi connectivity index (χ4n) is 1.06. The molecule has 0 amide bonds. The Hall–Kier alpha value is -2.01. The third-order valence-corrected chi connectivity index (χ3v) is 2.65. The number of aromatic carboxylic acids is 2. The number of carboxylic acid groups (broad SMARTS) is 2. The van der Waals surface area contributed by atoms with E-state index in [0.29, 0.717) is 6.07 Å². The van der Waals surface area contributed by atoms with Gasteiger partial charge in [0.15, 0.2) is 0 Å². The highest BCUT2D eigenvalue weighted by molar-refractivity contribution is 7.86. The molecule has 0 spiro atoms. The summed E-state index contributed by atoms with van der Waals surface area (Å²) in [7, 11) is -1.69. The molecule has 0 radical (unpaired) electrons. The first kappa shape index (κ1) is 20.3. The van der Waals surface area contributed by atoms with Crippen LogP contribution in [0.1, 0.15) is 20.7 Å². The van der Waals surface area contributed by atoms with Crippen molar-refractivity contribution in [3.8, 4) is 0 Å². The van der Waals surface area contributed by atoms with Crippen LogP contribution in [0.25, 0.3) is 0 Å². The molecular weight excluding hydrogens is 292 g/mol. The Labute approximate surface area is 115 Å². The van der Waals surface area contributed by atoms with Gasteiger partial charge in [0.2, 0.25) is 0 Å². The molecule has 20 heavy (non-hydrogen) atoms. The van der Waals surface area contributed by atoms with Crippen molar-refractivity contribution in [2.45, 2.75) is 4.90 Å². The lowest BCUT2D eigenvalue weighted by molar-refractivity contribution is 0.0692. The van der Waals surface area contributed by atoms with Crippen LogP contribution in [0, 0.1) is 0 Å². The number of nitrogens with two attached hydrogens (primary N) is 2. The smallest absolute Gasteiger partial charge is 0.337 e. The van der Waals surface area contributed by atoms with Gasteiger partial charge in [-0.1, -0.05) is 0 Å². The Bertz CT molecular complexity index is 569. The summed E-state index contributed by atoms with van der Waals surface area (Å²) in [4.78, 5) is 20.4. The summed E-state index contributed by atoms with van der Waals surface area (Å²) in [6, 6.07) is 2.27. The minimum Gasteiger partial charge on any atom is -0.478 e. The van der Waals surface area contributed by atoms with Crippen LogP contribution in [0.15, 0.2) is 23.1 Å². The monoisotopic (exact) mass is 308 g/mol. The van der Waals surface area contributed by atoms with Crippen LogP contribution in [-0.4, -0.2) is 49.2 Å². The molecule has 0 atom stereocenters. The zero-order chi connectivity index (χ0) is 16.5. The number of hydrogen-bond donors (Lipinski definition) is 5. The van der Waals surface area contributed by atoms with E-state index in [2.05, 4.69) is 11.5 Å². The van der Waals surface area contributed by atoms with Gasteiger partial charge in [-0.05, 0) is 32.3 Å². The first-order chi connectivity index (χ1) is 9.23. The Morgan fingerprint density at radius 1 is 1.00 bits per heavy atom. The van der Waals surface area contributed by atoms with Gasteiger partial charge in [-0.25, -0.2) is 9.59 Å². The maximum atomic E-state index is 10.8. The summed E-state index contributed by atoms with van der Waals surface area (Å²) < 4.78 is 30.3. The van der Waals surface area contributed by atoms with E-state index in [1.54, 1.807) is 0 Å². The molecule has 0 aliphatic carbocycles. The Morgan fingerprint density at radius 2 is 1.45 bits per heavy atom. The molecule has 0 aliphatic rings. The van der Waals surface area contributed by atoms with Gasteiger partial charge in [0.25, 0.3) is 10.1 Å². The van der Waals surface area contributed by atoms with Gasteiger partial charge >= 0.3 is 11.9 Å². The lowest BCUT2D eigenvalue weighted by Gasteiger charge is -2.03. The van der Waals surface area contributed by atoms with Crippen LogP contribution in [-0.2, 0) is 10.1 Å². The highest BCUT2D eigenvalue weighted by atomic mass is 32.2. The minimum atomic E-state index is -4.69. The van der Waals surface area contributed by atoms with Crippen LogP contribution in [0.3, 0.4) is 0 Å². The molecule has 1 aromatic carbocycles.